The van der Waals surface area contributed by atoms with Crippen molar-refractivity contribution in [2.24, 2.45) is 0 Å². The van der Waals surface area contributed by atoms with Gasteiger partial charge in [0.25, 0.3) is 0 Å². The molecular formula is C17H7F18N5. The highest BCUT2D eigenvalue weighted by Gasteiger charge is 2.89. The summed E-state index contributed by atoms with van der Waals surface area (Å²) in [6.07, 6.45) is -46.6. The maximum atomic E-state index is 13.6. The van der Waals surface area contributed by atoms with Gasteiger partial charge in [-0.15, -0.1) is 0 Å². The van der Waals surface area contributed by atoms with Crippen LogP contribution in [0.5, 0.6) is 0 Å². The second-order valence-electron chi connectivity index (χ2n) is 7.51. The summed E-state index contributed by atoms with van der Waals surface area (Å²) in [5.74, 6) is -10.5. The van der Waals surface area contributed by atoms with Crippen molar-refractivity contribution in [1.29, 1.82) is 0 Å². The fourth-order valence-electron chi connectivity index (χ4n) is 3.22. The summed E-state index contributed by atoms with van der Waals surface area (Å²) in [6.45, 7) is 0. The van der Waals surface area contributed by atoms with Gasteiger partial charge in [-0.1, -0.05) is 12.1 Å². The van der Waals surface area contributed by atoms with Gasteiger partial charge in [-0.25, -0.2) is 4.98 Å². The second kappa shape index (κ2) is 9.31. The Morgan fingerprint density at radius 2 is 0.775 bits per heavy atom. The molecule has 0 atom stereocenters. The summed E-state index contributed by atoms with van der Waals surface area (Å²) < 4.78 is 244. The van der Waals surface area contributed by atoms with Gasteiger partial charge in [-0.05, 0) is 12.1 Å². The van der Waals surface area contributed by atoms with Crippen molar-refractivity contribution < 1.29 is 79.0 Å². The Bertz CT molecular complexity index is 1080. The van der Waals surface area contributed by atoms with Gasteiger partial charge in [0.2, 0.25) is 5.95 Å². The number of para-hydroxylation sites is 2. The van der Waals surface area contributed by atoms with Crippen molar-refractivity contribution >= 4 is 17.3 Å². The molecule has 0 fully saturated rings. The number of nitrogens with one attached hydrogen (secondary N) is 1. The van der Waals surface area contributed by atoms with E-state index in [1.165, 1.54) is 10.3 Å². The highest BCUT2D eigenvalue weighted by atomic mass is 19.4. The maximum absolute atomic E-state index is 13.6. The Kier molecular flexibility index (Phi) is 7.63. The van der Waals surface area contributed by atoms with Crippen molar-refractivity contribution in [2.75, 3.05) is 11.1 Å². The molecule has 0 saturated heterocycles. The van der Waals surface area contributed by atoms with Gasteiger partial charge >= 0.3 is 47.9 Å². The van der Waals surface area contributed by atoms with Gasteiger partial charge in [-0.2, -0.15) is 89.0 Å². The van der Waals surface area contributed by atoms with Gasteiger partial charge in [0.1, 0.15) is 0 Å². The molecule has 5 nitrogen and oxygen atoms in total. The normalized spacial score (nSPS) is 14.8. The van der Waals surface area contributed by atoms with Crippen LogP contribution in [-0.2, 0) is 10.8 Å². The lowest BCUT2D eigenvalue weighted by Crippen LogP contribution is -2.66. The predicted molar refractivity (Wildman–Crippen MR) is 93.7 cm³/mol. The minimum Gasteiger partial charge on any atom is -0.397 e. The van der Waals surface area contributed by atoms with E-state index in [9.17, 15) is 79.0 Å². The largest absolute Gasteiger partial charge is 0.419 e. The fraction of sp³-hybridized carbons (Fsp3) is 0.471. The number of halogens is 18. The van der Waals surface area contributed by atoms with Gasteiger partial charge < -0.3 is 11.1 Å². The number of nitrogen functional groups attached to an aromatic ring is 1. The highest BCUT2D eigenvalue weighted by Crippen LogP contribution is 2.62. The third kappa shape index (κ3) is 4.86. The Balaban J connectivity index is 3.30. The molecule has 2 aromatic rings. The number of nitrogens with zero attached hydrogens (tertiary/aromatic N) is 3. The van der Waals surface area contributed by atoms with E-state index in [4.69, 9.17) is 5.73 Å². The van der Waals surface area contributed by atoms with Crippen molar-refractivity contribution in [1.82, 2.24) is 15.0 Å². The average Bonchev–Trinajstić information content (AvgIpc) is 2.63. The van der Waals surface area contributed by atoms with Crippen LogP contribution in [0.2, 0.25) is 0 Å². The molecule has 0 aliphatic carbocycles. The van der Waals surface area contributed by atoms with E-state index >= 15 is 0 Å². The van der Waals surface area contributed by atoms with Crippen LogP contribution in [0.15, 0.2) is 24.3 Å². The molecule has 0 spiro atoms. The SMILES string of the molecule is Nc1ccccc1Nc1nc(C(C(F)(F)F)(C(F)(F)F)C(F)(F)F)nc(C(C(F)(F)F)(C(F)(F)F)C(F)(F)F)n1. The van der Waals surface area contributed by atoms with Crippen molar-refractivity contribution in [3.05, 3.63) is 35.9 Å². The van der Waals surface area contributed by atoms with Crippen molar-refractivity contribution in [2.45, 2.75) is 47.9 Å². The standard InChI is InChI=1S/C17H7F18N5/c18-12(19,20)10(13(21,22)23,14(24,25)26)7-38-8(11(15(27,28)29,16(30,31)32)17(33,34)35)40-9(39-7)37-6-4-2-1-3-5(6)36/h1-4H,36H2,(H,37,38,39,40). The van der Waals surface area contributed by atoms with Crippen LogP contribution in [0.3, 0.4) is 0 Å². The van der Waals surface area contributed by atoms with Crippen molar-refractivity contribution in [3.63, 3.8) is 0 Å². The third-order valence-corrected chi connectivity index (χ3v) is 5.06. The first-order valence-corrected chi connectivity index (χ1v) is 9.36. The summed E-state index contributed by atoms with van der Waals surface area (Å²) in [5.41, 5.74) is -11.3. The number of hydrogen-bond donors (Lipinski definition) is 2. The summed E-state index contributed by atoms with van der Waals surface area (Å²) in [5, 5.41) is 1.31. The molecule has 1 aromatic heterocycles. The number of aromatic nitrogens is 3. The Labute approximate surface area is 207 Å². The first-order chi connectivity index (χ1) is 17.6. The first-order valence-electron chi connectivity index (χ1n) is 9.36. The highest BCUT2D eigenvalue weighted by molar-refractivity contribution is 5.69. The molecule has 0 saturated carbocycles. The summed E-state index contributed by atoms with van der Waals surface area (Å²) in [6, 6.07) is 3.42. The second-order valence-corrected chi connectivity index (χ2v) is 7.51. The smallest absolute Gasteiger partial charge is 0.397 e. The molecular weight excluding hydrogens is 616 g/mol. The Morgan fingerprint density at radius 1 is 0.475 bits per heavy atom. The third-order valence-electron chi connectivity index (χ3n) is 5.06. The van der Waals surface area contributed by atoms with Crippen LogP contribution in [0, 0.1) is 0 Å². The number of alkyl halides is 18. The van der Waals surface area contributed by atoms with E-state index < -0.39 is 76.9 Å². The molecule has 0 aliphatic heterocycles. The molecule has 1 heterocycles. The van der Waals surface area contributed by atoms with Gasteiger partial charge in [0.05, 0.1) is 11.4 Å². The molecule has 0 amide bonds. The monoisotopic (exact) mass is 623 g/mol. The zero-order chi connectivity index (χ0) is 31.5. The summed E-state index contributed by atoms with van der Waals surface area (Å²) in [4.78, 5) is 5.43. The maximum Gasteiger partial charge on any atom is 0.419 e. The summed E-state index contributed by atoms with van der Waals surface area (Å²) >= 11 is 0. The quantitative estimate of drug-likeness (QED) is 0.282. The van der Waals surface area contributed by atoms with Crippen LogP contribution in [0.25, 0.3) is 0 Å². The topological polar surface area (TPSA) is 76.7 Å². The molecule has 23 heteroatoms. The lowest BCUT2D eigenvalue weighted by Gasteiger charge is -2.39. The molecule has 3 N–H and O–H groups in total. The van der Waals surface area contributed by atoms with Crippen LogP contribution in [0.4, 0.5) is 96.4 Å². The minimum atomic E-state index is -7.76. The zero-order valence-corrected chi connectivity index (χ0v) is 18.0. The first kappa shape index (κ1) is 32.8. The molecule has 0 radical (unpaired) electrons. The number of hydrogen-bond acceptors (Lipinski definition) is 5. The van der Waals surface area contributed by atoms with E-state index in [1.54, 1.807) is 0 Å². The summed E-state index contributed by atoms with van der Waals surface area (Å²) in [7, 11) is 0. The molecule has 40 heavy (non-hydrogen) atoms. The van der Waals surface area contributed by atoms with E-state index in [1.807, 2.05) is 0 Å². The molecule has 0 aliphatic rings. The zero-order valence-electron chi connectivity index (χ0n) is 18.0. The molecule has 2 rings (SSSR count). The minimum absolute atomic E-state index is 0.646. The lowest BCUT2D eigenvalue weighted by molar-refractivity contribution is -0.391. The van der Waals surface area contributed by atoms with Crippen LogP contribution < -0.4 is 11.1 Å². The van der Waals surface area contributed by atoms with E-state index in [0.29, 0.717) is 6.07 Å². The van der Waals surface area contributed by atoms with E-state index in [-0.39, 0.29) is 0 Å². The molecule has 0 bridgehead atoms. The van der Waals surface area contributed by atoms with Crippen LogP contribution >= 0.6 is 0 Å². The van der Waals surface area contributed by atoms with Gasteiger partial charge in [0.15, 0.2) is 11.6 Å². The van der Waals surface area contributed by atoms with Gasteiger partial charge in [-0.3, -0.25) is 0 Å². The molecule has 0 unspecified atom stereocenters. The van der Waals surface area contributed by atoms with E-state index in [2.05, 4.69) is 9.97 Å². The van der Waals surface area contributed by atoms with Gasteiger partial charge in [0, 0.05) is 0 Å². The average molecular weight is 623 g/mol. The van der Waals surface area contributed by atoms with Crippen LogP contribution in [-0.4, -0.2) is 52.0 Å². The molecule has 226 valence electrons. The Hall–Kier alpha value is -3.43. The van der Waals surface area contributed by atoms with Crippen LogP contribution in [0.1, 0.15) is 11.6 Å². The number of anilines is 3. The predicted octanol–water partition coefficient (Wildman–Crippen LogP) is 7.05. The lowest BCUT2D eigenvalue weighted by atomic mass is 9.82. The number of nitrogens with two attached hydrogens (primary N) is 1. The van der Waals surface area contributed by atoms with E-state index in [0.717, 1.165) is 18.2 Å². The number of rotatable bonds is 4. The van der Waals surface area contributed by atoms with Crippen molar-refractivity contribution in [3.8, 4) is 0 Å². The number of benzene rings is 1. The molecule has 1 aromatic carbocycles. The fourth-order valence-corrected chi connectivity index (χ4v) is 3.22. The Morgan fingerprint density at radius 3 is 1.05 bits per heavy atom.